The summed E-state index contributed by atoms with van der Waals surface area (Å²) in [4.78, 5) is 16.1. The van der Waals surface area contributed by atoms with E-state index in [1.54, 1.807) is 24.3 Å². The number of carbonyl (C=O) groups excluding carboxylic acids is 1. The molecule has 4 nitrogen and oxygen atoms in total. The van der Waals surface area contributed by atoms with Crippen molar-refractivity contribution < 1.29 is 18.7 Å². The third-order valence-electron chi connectivity index (χ3n) is 4.57. The van der Waals surface area contributed by atoms with Gasteiger partial charge in [0.15, 0.2) is 0 Å². The molecule has 6 heteroatoms. The standard InChI is InChI=1S/C21H15BrFNO3/c1-26-20-10-17(18(23)11-24-20)12-2-4-13(5-3-12)19-9-14-8-15(22)6-7-16(14)21(25)27-19/h2-8,10-11,19H,9H2,1H3. The van der Waals surface area contributed by atoms with Crippen molar-refractivity contribution in [1.29, 1.82) is 0 Å². The topological polar surface area (TPSA) is 48.4 Å². The molecule has 0 bridgehead atoms. The molecule has 0 N–H and O–H groups in total. The molecule has 1 unspecified atom stereocenters. The van der Waals surface area contributed by atoms with Crippen molar-refractivity contribution in [2.24, 2.45) is 0 Å². The zero-order valence-corrected chi connectivity index (χ0v) is 16.0. The molecule has 0 amide bonds. The normalized spacial score (nSPS) is 15.8. The van der Waals surface area contributed by atoms with Crippen molar-refractivity contribution in [3.63, 3.8) is 0 Å². The summed E-state index contributed by atoms with van der Waals surface area (Å²) in [6, 6.07) is 14.4. The van der Waals surface area contributed by atoms with Crippen LogP contribution in [-0.4, -0.2) is 18.1 Å². The van der Waals surface area contributed by atoms with Gasteiger partial charge in [0.05, 0.1) is 18.9 Å². The fourth-order valence-corrected chi connectivity index (χ4v) is 3.59. The SMILES string of the molecule is COc1cc(-c2ccc(C3Cc4cc(Br)ccc4C(=O)O3)cc2)c(F)cn1. The lowest BCUT2D eigenvalue weighted by molar-refractivity contribution is 0.0253. The molecule has 1 aliphatic rings. The molecule has 2 heterocycles. The Bertz CT molecular complexity index is 1020. The zero-order valence-electron chi connectivity index (χ0n) is 14.4. The summed E-state index contributed by atoms with van der Waals surface area (Å²) in [5.74, 6) is -0.409. The molecule has 27 heavy (non-hydrogen) atoms. The fourth-order valence-electron chi connectivity index (χ4n) is 3.18. The quantitative estimate of drug-likeness (QED) is 0.544. The highest BCUT2D eigenvalue weighted by Crippen LogP contribution is 2.33. The molecular formula is C21H15BrFNO3. The smallest absolute Gasteiger partial charge is 0.339 e. The molecule has 0 fully saturated rings. The number of ether oxygens (including phenoxy) is 2. The molecular weight excluding hydrogens is 413 g/mol. The van der Waals surface area contributed by atoms with E-state index in [0.717, 1.165) is 21.8 Å². The number of cyclic esters (lactones) is 1. The van der Waals surface area contributed by atoms with Gasteiger partial charge in [-0.2, -0.15) is 0 Å². The van der Waals surface area contributed by atoms with E-state index in [0.29, 0.717) is 29.0 Å². The maximum absolute atomic E-state index is 14.1. The average molecular weight is 428 g/mol. The Balaban J connectivity index is 1.63. The zero-order chi connectivity index (χ0) is 19.0. The molecule has 1 aliphatic heterocycles. The second kappa shape index (κ2) is 7.12. The van der Waals surface area contributed by atoms with Crippen LogP contribution in [0.5, 0.6) is 5.88 Å². The molecule has 1 atom stereocenters. The maximum Gasteiger partial charge on any atom is 0.339 e. The summed E-state index contributed by atoms with van der Waals surface area (Å²) in [5.41, 5.74) is 3.50. The Kier molecular flexibility index (Phi) is 4.66. The number of aromatic nitrogens is 1. The van der Waals surface area contributed by atoms with Gasteiger partial charge in [0.2, 0.25) is 5.88 Å². The Morgan fingerprint density at radius 1 is 1.15 bits per heavy atom. The second-order valence-electron chi connectivity index (χ2n) is 6.23. The highest BCUT2D eigenvalue weighted by Gasteiger charge is 2.27. The van der Waals surface area contributed by atoms with E-state index in [4.69, 9.17) is 9.47 Å². The molecule has 0 aliphatic carbocycles. The number of halogens is 2. The van der Waals surface area contributed by atoms with Gasteiger partial charge in [-0.15, -0.1) is 0 Å². The van der Waals surface area contributed by atoms with E-state index >= 15 is 0 Å². The van der Waals surface area contributed by atoms with E-state index in [9.17, 15) is 9.18 Å². The van der Waals surface area contributed by atoms with E-state index in [-0.39, 0.29) is 12.1 Å². The van der Waals surface area contributed by atoms with Crippen LogP contribution >= 0.6 is 15.9 Å². The van der Waals surface area contributed by atoms with Gasteiger partial charge in [-0.25, -0.2) is 14.2 Å². The summed E-state index contributed by atoms with van der Waals surface area (Å²) in [6.07, 6.45) is 1.36. The van der Waals surface area contributed by atoms with Crippen LogP contribution in [0, 0.1) is 5.82 Å². The number of fused-ring (bicyclic) bond motifs is 1. The first-order valence-corrected chi connectivity index (χ1v) is 9.13. The van der Waals surface area contributed by atoms with Crippen LogP contribution in [0.25, 0.3) is 11.1 Å². The Morgan fingerprint density at radius 3 is 2.67 bits per heavy atom. The largest absolute Gasteiger partial charge is 0.481 e. The summed E-state index contributed by atoms with van der Waals surface area (Å²) in [5, 5.41) is 0. The number of carbonyl (C=O) groups is 1. The fraction of sp³-hybridized carbons (Fsp3) is 0.143. The van der Waals surface area contributed by atoms with Gasteiger partial charge in [-0.05, 0) is 34.9 Å². The molecule has 0 spiro atoms. The van der Waals surface area contributed by atoms with E-state index in [1.807, 2.05) is 24.3 Å². The number of hydrogen-bond acceptors (Lipinski definition) is 4. The molecule has 4 rings (SSSR count). The van der Waals surface area contributed by atoms with Gasteiger partial charge < -0.3 is 9.47 Å². The summed E-state index contributed by atoms with van der Waals surface area (Å²) in [6.45, 7) is 0. The second-order valence-corrected chi connectivity index (χ2v) is 7.14. The van der Waals surface area contributed by atoms with Gasteiger partial charge in [0, 0.05) is 22.5 Å². The lowest BCUT2D eigenvalue weighted by Crippen LogP contribution is -2.21. The summed E-state index contributed by atoms with van der Waals surface area (Å²) < 4.78 is 25.7. The molecule has 136 valence electrons. The predicted octanol–water partition coefficient (Wildman–Crippen LogP) is 5.11. The van der Waals surface area contributed by atoms with Gasteiger partial charge in [-0.1, -0.05) is 40.2 Å². The van der Waals surface area contributed by atoms with E-state index < -0.39 is 5.82 Å². The van der Waals surface area contributed by atoms with Crippen LogP contribution in [-0.2, 0) is 11.2 Å². The van der Waals surface area contributed by atoms with Crippen LogP contribution < -0.4 is 4.74 Å². The number of esters is 1. The molecule has 3 aromatic rings. The van der Waals surface area contributed by atoms with Crippen LogP contribution in [0.15, 0.2) is 59.2 Å². The van der Waals surface area contributed by atoms with E-state index in [2.05, 4.69) is 20.9 Å². The minimum atomic E-state index is -0.425. The number of rotatable bonds is 3. The first-order chi connectivity index (χ1) is 13.0. The lowest BCUT2D eigenvalue weighted by Gasteiger charge is -2.25. The predicted molar refractivity (Wildman–Crippen MR) is 102 cm³/mol. The number of methoxy groups -OCH3 is 1. The number of benzene rings is 2. The number of hydrogen-bond donors (Lipinski definition) is 0. The lowest BCUT2D eigenvalue weighted by atomic mass is 9.93. The minimum absolute atomic E-state index is 0.331. The minimum Gasteiger partial charge on any atom is -0.481 e. The van der Waals surface area contributed by atoms with Crippen molar-refractivity contribution in [1.82, 2.24) is 4.98 Å². The monoisotopic (exact) mass is 427 g/mol. The number of nitrogens with zero attached hydrogens (tertiary/aromatic N) is 1. The van der Waals surface area contributed by atoms with Crippen molar-refractivity contribution >= 4 is 21.9 Å². The van der Waals surface area contributed by atoms with Gasteiger partial charge in [-0.3, -0.25) is 0 Å². The van der Waals surface area contributed by atoms with Crippen molar-refractivity contribution in [3.8, 4) is 17.0 Å². The first-order valence-electron chi connectivity index (χ1n) is 8.34. The van der Waals surface area contributed by atoms with Crippen molar-refractivity contribution in [2.75, 3.05) is 7.11 Å². The molecule has 2 aromatic carbocycles. The van der Waals surface area contributed by atoms with Crippen LogP contribution in [0.2, 0.25) is 0 Å². The van der Waals surface area contributed by atoms with Crippen molar-refractivity contribution in [2.45, 2.75) is 12.5 Å². The number of pyridine rings is 1. The first kappa shape index (κ1) is 17.7. The third-order valence-corrected chi connectivity index (χ3v) is 5.07. The maximum atomic E-state index is 14.1. The van der Waals surface area contributed by atoms with Gasteiger partial charge >= 0.3 is 5.97 Å². The average Bonchev–Trinajstić information content (AvgIpc) is 2.68. The van der Waals surface area contributed by atoms with E-state index in [1.165, 1.54) is 7.11 Å². The molecule has 0 saturated carbocycles. The summed E-state index contributed by atoms with van der Waals surface area (Å²) in [7, 11) is 1.49. The Morgan fingerprint density at radius 2 is 1.93 bits per heavy atom. The molecule has 0 radical (unpaired) electrons. The van der Waals surface area contributed by atoms with Crippen LogP contribution in [0.1, 0.15) is 27.6 Å². The highest BCUT2D eigenvalue weighted by atomic mass is 79.9. The molecule has 1 aromatic heterocycles. The Labute approximate surface area is 164 Å². The third kappa shape index (κ3) is 3.45. The Hall–Kier alpha value is -2.73. The van der Waals surface area contributed by atoms with Gasteiger partial charge in [0.25, 0.3) is 0 Å². The summed E-state index contributed by atoms with van der Waals surface area (Å²) >= 11 is 3.44. The van der Waals surface area contributed by atoms with Gasteiger partial charge in [0.1, 0.15) is 11.9 Å². The highest BCUT2D eigenvalue weighted by molar-refractivity contribution is 9.10. The van der Waals surface area contributed by atoms with Crippen LogP contribution in [0.3, 0.4) is 0 Å². The van der Waals surface area contributed by atoms with Crippen LogP contribution in [0.4, 0.5) is 4.39 Å². The molecule has 0 saturated heterocycles. The van der Waals surface area contributed by atoms with Crippen molar-refractivity contribution in [3.05, 3.63) is 81.7 Å².